The second kappa shape index (κ2) is 4.59. The van der Waals surface area contributed by atoms with Crippen molar-refractivity contribution in [1.82, 2.24) is 4.98 Å². The Morgan fingerprint density at radius 2 is 2.11 bits per heavy atom. The summed E-state index contributed by atoms with van der Waals surface area (Å²) in [4.78, 5) is 4.31. The predicted molar refractivity (Wildman–Crippen MR) is 75.4 cm³/mol. The van der Waals surface area contributed by atoms with Gasteiger partial charge < -0.3 is 14.3 Å². The summed E-state index contributed by atoms with van der Waals surface area (Å²) in [7, 11) is 1.53. The first-order chi connectivity index (χ1) is 9.17. The molecular formula is C14H10BrNO3. The Balaban J connectivity index is 2.19. The number of aromatic hydroxyl groups is 1. The van der Waals surface area contributed by atoms with Crippen molar-refractivity contribution < 1.29 is 14.3 Å². The van der Waals surface area contributed by atoms with Gasteiger partial charge in [0.1, 0.15) is 11.5 Å². The lowest BCUT2D eigenvalue weighted by atomic mass is 10.2. The van der Waals surface area contributed by atoms with Gasteiger partial charge in [0.25, 0.3) is 0 Å². The van der Waals surface area contributed by atoms with Crippen molar-refractivity contribution in [3.63, 3.8) is 0 Å². The Labute approximate surface area is 117 Å². The molecule has 0 bridgehead atoms. The number of halogens is 1. The molecule has 0 fully saturated rings. The van der Waals surface area contributed by atoms with E-state index in [0.717, 1.165) is 10.0 Å². The highest BCUT2D eigenvalue weighted by molar-refractivity contribution is 9.10. The third kappa shape index (κ3) is 2.17. The monoisotopic (exact) mass is 319 g/mol. The summed E-state index contributed by atoms with van der Waals surface area (Å²) in [6.07, 6.45) is 0. The van der Waals surface area contributed by atoms with Crippen LogP contribution in [0.15, 0.2) is 45.3 Å². The van der Waals surface area contributed by atoms with Gasteiger partial charge in [-0.15, -0.1) is 0 Å². The summed E-state index contributed by atoms with van der Waals surface area (Å²) in [5.74, 6) is 1.03. The number of benzene rings is 2. The number of phenols is 1. The molecule has 3 aromatic rings. The van der Waals surface area contributed by atoms with Crippen LogP contribution >= 0.6 is 15.9 Å². The van der Waals surface area contributed by atoms with E-state index in [2.05, 4.69) is 20.9 Å². The molecule has 0 aliphatic carbocycles. The molecule has 0 aliphatic heterocycles. The zero-order valence-corrected chi connectivity index (χ0v) is 11.6. The fourth-order valence-corrected chi connectivity index (χ4v) is 2.25. The Morgan fingerprint density at radius 1 is 1.26 bits per heavy atom. The highest BCUT2D eigenvalue weighted by Gasteiger charge is 2.13. The summed E-state index contributed by atoms with van der Waals surface area (Å²) in [5.41, 5.74) is 1.76. The van der Waals surface area contributed by atoms with Crippen molar-refractivity contribution in [1.29, 1.82) is 0 Å². The number of nitrogens with zero attached hydrogens (tertiary/aromatic N) is 1. The van der Waals surface area contributed by atoms with Crippen LogP contribution in [0.4, 0.5) is 0 Å². The highest BCUT2D eigenvalue weighted by Crippen LogP contribution is 2.33. The molecule has 0 saturated carbocycles. The average Bonchev–Trinajstić information content (AvgIpc) is 2.83. The van der Waals surface area contributed by atoms with Gasteiger partial charge in [0.05, 0.1) is 7.11 Å². The molecule has 0 spiro atoms. The SMILES string of the molecule is COc1cc(O)c2nc(-c3cccc(Br)c3)oc2c1. The number of aromatic nitrogens is 1. The quantitative estimate of drug-likeness (QED) is 0.776. The third-order valence-corrected chi connectivity index (χ3v) is 3.25. The van der Waals surface area contributed by atoms with E-state index in [-0.39, 0.29) is 5.75 Å². The smallest absolute Gasteiger partial charge is 0.227 e. The van der Waals surface area contributed by atoms with E-state index in [0.29, 0.717) is 22.7 Å². The Hall–Kier alpha value is -2.01. The van der Waals surface area contributed by atoms with E-state index in [1.54, 1.807) is 6.07 Å². The van der Waals surface area contributed by atoms with Crippen LogP contribution in [-0.2, 0) is 0 Å². The molecule has 1 aromatic heterocycles. The van der Waals surface area contributed by atoms with Gasteiger partial charge in [0, 0.05) is 22.2 Å². The summed E-state index contributed by atoms with van der Waals surface area (Å²) in [6.45, 7) is 0. The maximum Gasteiger partial charge on any atom is 0.227 e. The summed E-state index contributed by atoms with van der Waals surface area (Å²) < 4.78 is 11.7. The second-order valence-corrected chi connectivity index (χ2v) is 4.94. The summed E-state index contributed by atoms with van der Waals surface area (Å²) in [5, 5.41) is 9.89. The number of phenolic OH excluding ortho intramolecular Hbond substituents is 1. The number of rotatable bonds is 2. The number of ether oxygens (including phenoxy) is 1. The van der Waals surface area contributed by atoms with Gasteiger partial charge in [-0.05, 0) is 18.2 Å². The number of oxazole rings is 1. The summed E-state index contributed by atoms with van der Waals surface area (Å²) >= 11 is 3.40. The van der Waals surface area contributed by atoms with E-state index >= 15 is 0 Å². The lowest BCUT2D eigenvalue weighted by Crippen LogP contribution is -1.81. The minimum absolute atomic E-state index is 0.0411. The topological polar surface area (TPSA) is 55.5 Å². The van der Waals surface area contributed by atoms with Crippen molar-refractivity contribution in [3.05, 3.63) is 40.9 Å². The van der Waals surface area contributed by atoms with Crippen molar-refractivity contribution in [2.45, 2.75) is 0 Å². The molecule has 4 nitrogen and oxygen atoms in total. The van der Waals surface area contributed by atoms with Crippen LogP contribution < -0.4 is 4.74 Å². The third-order valence-electron chi connectivity index (χ3n) is 2.76. The number of fused-ring (bicyclic) bond motifs is 1. The molecule has 1 N–H and O–H groups in total. The fraction of sp³-hybridized carbons (Fsp3) is 0.0714. The first kappa shape index (κ1) is 12.0. The lowest BCUT2D eigenvalue weighted by Gasteiger charge is -1.98. The van der Waals surface area contributed by atoms with Gasteiger partial charge >= 0.3 is 0 Å². The average molecular weight is 320 g/mol. The Bertz CT molecular complexity index is 752. The molecule has 0 amide bonds. The molecule has 96 valence electrons. The molecule has 0 radical (unpaired) electrons. The largest absolute Gasteiger partial charge is 0.505 e. The standard InChI is InChI=1S/C14H10BrNO3/c1-18-10-6-11(17)13-12(7-10)19-14(16-13)8-3-2-4-9(15)5-8/h2-7,17H,1H3. The normalized spacial score (nSPS) is 10.8. The Morgan fingerprint density at radius 3 is 2.84 bits per heavy atom. The van der Waals surface area contributed by atoms with Crippen LogP contribution in [-0.4, -0.2) is 17.2 Å². The van der Waals surface area contributed by atoms with Gasteiger partial charge in [-0.25, -0.2) is 4.98 Å². The molecule has 0 unspecified atom stereocenters. The molecule has 3 rings (SSSR count). The van der Waals surface area contributed by atoms with Gasteiger partial charge in [-0.3, -0.25) is 0 Å². The first-order valence-electron chi connectivity index (χ1n) is 5.61. The van der Waals surface area contributed by atoms with Gasteiger partial charge in [0.2, 0.25) is 5.89 Å². The lowest BCUT2D eigenvalue weighted by molar-refractivity contribution is 0.408. The maximum atomic E-state index is 9.89. The number of hydrogen-bond donors (Lipinski definition) is 1. The highest BCUT2D eigenvalue weighted by atomic mass is 79.9. The zero-order valence-electron chi connectivity index (χ0n) is 10.1. The molecule has 2 aromatic carbocycles. The van der Waals surface area contributed by atoms with Gasteiger partial charge in [0.15, 0.2) is 11.1 Å². The van der Waals surface area contributed by atoms with Crippen LogP contribution in [0.3, 0.4) is 0 Å². The molecule has 1 heterocycles. The maximum absolute atomic E-state index is 9.89. The first-order valence-corrected chi connectivity index (χ1v) is 6.40. The fourth-order valence-electron chi connectivity index (χ4n) is 1.85. The molecule has 5 heteroatoms. The van der Waals surface area contributed by atoms with Crippen LogP contribution in [0.25, 0.3) is 22.6 Å². The van der Waals surface area contributed by atoms with Crippen molar-refractivity contribution in [2.24, 2.45) is 0 Å². The summed E-state index contributed by atoms with van der Waals surface area (Å²) in [6, 6.07) is 10.8. The molecule has 19 heavy (non-hydrogen) atoms. The molecule has 0 saturated heterocycles. The van der Waals surface area contributed by atoms with Gasteiger partial charge in [-0.1, -0.05) is 22.0 Å². The molecule has 0 aliphatic rings. The van der Waals surface area contributed by atoms with E-state index in [9.17, 15) is 5.11 Å². The van der Waals surface area contributed by atoms with E-state index in [4.69, 9.17) is 9.15 Å². The number of hydrogen-bond acceptors (Lipinski definition) is 4. The number of methoxy groups -OCH3 is 1. The molecule has 0 atom stereocenters. The van der Waals surface area contributed by atoms with Gasteiger partial charge in [-0.2, -0.15) is 0 Å². The van der Waals surface area contributed by atoms with E-state index in [1.807, 2.05) is 24.3 Å². The van der Waals surface area contributed by atoms with Crippen LogP contribution in [0.5, 0.6) is 11.5 Å². The van der Waals surface area contributed by atoms with E-state index in [1.165, 1.54) is 13.2 Å². The minimum Gasteiger partial charge on any atom is -0.505 e. The van der Waals surface area contributed by atoms with Crippen LogP contribution in [0, 0.1) is 0 Å². The minimum atomic E-state index is 0.0411. The predicted octanol–water partition coefficient (Wildman–Crippen LogP) is 3.97. The van der Waals surface area contributed by atoms with Crippen LogP contribution in [0.2, 0.25) is 0 Å². The van der Waals surface area contributed by atoms with Crippen molar-refractivity contribution in [3.8, 4) is 23.0 Å². The molecular weight excluding hydrogens is 310 g/mol. The Kier molecular flexibility index (Phi) is 2.91. The second-order valence-electron chi connectivity index (χ2n) is 4.02. The van der Waals surface area contributed by atoms with Crippen LogP contribution in [0.1, 0.15) is 0 Å². The zero-order chi connectivity index (χ0) is 13.4. The van der Waals surface area contributed by atoms with Crippen molar-refractivity contribution in [2.75, 3.05) is 7.11 Å². The van der Waals surface area contributed by atoms with E-state index < -0.39 is 0 Å². The van der Waals surface area contributed by atoms with Crippen molar-refractivity contribution >= 4 is 27.0 Å².